The molecule has 0 radical (unpaired) electrons. The summed E-state index contributed by atoms with van der Waals surface area (Å²) in [7, 11) is 1.69. The summed E-state index contributed by atoms with van der Waals surface area (Å²) >= 11 is 3.48. The first-order valence-corrected chi connectivity index (χ1v) is 7.55. The molecule has 0 aliphatic heterocycles. The van der Waals surface area contributed by atoms with Gasteiger partial charge in [-0.3, -0.25) is 0 Å². The Kier molecular flexibility index (Phi) is 5.07. The zero-order chi connectivity index (χ0) is 14.5. The first-order valence-electron chi connectivity index (χ1n) is 6.76. The number of hydrogen-bond acceptors (Lipinski definition) is 2. The van der Waals surface area contributed by atoms with E-state index in [2.05, 4.69) is 59.4 Å². The van der Waals surface area contributed by atoms with Crippen molar-refractivity contribution in [3.05, 3.63) is 58.1 Å². The summed E-state index contributed by atoms with van der Waals surface area (Å²) in [6.45, 7) is 5.20. The third-order valence-electron chi connectivity index (χ3n) is 3.29. The van der Waals surface area contributed by atoms with E-state index in [1.165, 1.54) is 11.1 Å². The molecule has 20 heavy (non-hydrogen) atoms. The molecule has 0 heterocycles. The lowest BCUT2D eigenvalue weighted by Gasteiger charge is -2.12. The molecule has 1 N–H and O–H groups in total. The molecule has 0 atom stereocenters. The maximum absolute atomic E-state index is 5.36. The molecular formula is C17H20BrNO. The highest BCUT2D eigenvalue weighted by Gasteiger charge is 2.04. The van der Waals surface area contributed by atoms with E-state index < -0.39 is 0 Å². The molecule has 3 heteroatoms. The van der Waals surface area contributed by atoms with Gasteiger partial charge in [0.15, 0.2) is 0 Å². The average molecular weight is 334 g/mol. The van der Waals surface area contributed by atoms with Crippen molar-refractivity contribution in [1.82, 2.24) is 0 Å². The molecule has 0 aliphatic carbocycles. The second kappa shape index (κ2) is 6.80. The maximum Gasteiger partial charge on any atom is 0.142 e. The molecule has 0 aliphatic rings. The third-order valence-corrected chi connectivity index (χ3v) is 3.78. The van der Waals surface area contributed by atoms with Gasteiger partial charge in [0.1, 0.15) is 5.75 Å². The Morgan fingerprint density at radius 3 is 2.40 bits per heavy atom. The van der Waals surface area contributed by atoms with Gasteiger partial charge >= 0.3 is 0 Å². The van der Waals surface area contributed by atoms with Crippen LogP contribution in [0, 0.1) is 0 Å². The predicted octanol–water partition coefficient (Wildman–Crippen LogP) is 5.19. The molecule has 2 aromatic rings. The van der Waals surface area contributed by atoms with Gasteiger partial charge in [0.05, 0.1) is 12.8 Å². The minimum atomic E-state index is 0.571. The standard InChI is InChI=1S/C17H20BrNO/c1-12(2)14-6-4-13(5-7-14)11-19-16-10-15(18)8-9-17(16)20-3/h4-10,12,19H,11H2,1-3H3. The fourth-order valence-corrected chi connectivity index (χ4v) is 2.40. The van der Waals surface area contributed by atoms with Crippen LogP contribution in [0.1, 0.15) is 30.9 Å². The number of benzene rings is 2. The van der Waals surface area contributed by atoms with Gasteiger partial charge in [-0.25, -0.2) is 0 Å². The van der Waals surface area contributed by atoms with Crippen molar-refractivity contribution in [3.8, 4) is 5.75 Å². The van der Waals surface area contributed by atoms with Crippen LogP contribution >= 0.6 is 15.9 Å². The van der Waals surface area contributed by atoms with Gasteiger partial charge in [-0.15, -0.1) is 0 Å². The van der Waals surface area contributed by atoms with Gasteiger partial charge in [0.2, 0.25) is 0 Å². The van der Waals surface area contributed by atoms with Crippen molar-refractivity contribution in [1.29, 1.82) is 0 Å². The summed E-state index contributed by atoms with van der Waals surface area (Å²) < 4.78 is 6.39. The normalized spacial score (nSPS) is 10.7. The van der Waals surface area contributed by atoms with Crippen molar-refractivity contribution in [2.75, 3.05) is 12.4 Å². The first-order chi connectivity index (χ1) is 9.60. The summed E-state index contributed by atoms with van der Waals surface area (Å²) in [5.41, 5.74) is 3.63. The second-order valence-electron chi connectivity index (χ2n) is 5.09. The molecule has 2 rings (SSSR count). The van der Waals surface area contributed by atoms with Crippen LogP contribution in [-0.4, -0.2) is 7.11 Å². The minimum Gasteiger partial charge on any atom is -0.495 e. The maximum atomic E-state index is 5.36. The fourth-order valence-electron chi connectivity index (χ4n) is 2.04. The highest BCUT2D eigenvalue weighted by molar-refractivity contribution is 9.10. The van der Waals surface area contributed by atoms with E-state index in [1.807, 2.05) is 18.2 Å². The van der Waals surface area contributed by atoms with E-state index in [9.17, 15) is 0 Å². The van der Waals surface area contributed by atoms with Gasteiger partial charge in [-0.2, -0.15) is 0 Å². The lowest BCUT2D eigenvalue weighted by molar-refractivity contribution is 0.416. The van der Waals surface area contributed by atoms with E-state index in [0.29, 0.717) is 5.92 Å². The Morgan fingerprint density at radius 1 is 1.10 bits per heavy atom. The molecule has 106 valence electrons. The van der Waals surface area contributed by atoms with Crippen LogP contribution in [0.25, 0.3) is 0 Å². The van der Waals surface area contributed by atoms with Crippen molar-refractivity contribution in [2.45, 2.75) is 26.3 Å². The molecule has 2 nitrogen and oxygen atoms in total. The highest BCUT2D eigenvalue weighted by atomic mass is 79.9. The largest absolute Gasteiger partial charge is 0.495 e. The van der Waals surface area contributed by atoms with Gasteiger partial charge in [-0.05, 0) is 35.2 Å². The summed E-state index contributed by atoms with van der Waals surface area (Å²) in [4.78, 5) is 0. The van der Waals surface area contributed by atoms with E-state index >= 15 is 0 Å². The Labute approximate surface area is 129 Å². The third kappa shape index (κ3) is 3.76. The van der Waals surface area contributed by atoms with Crippen molar-refractivity contribution in [3.63, 3.8) is 0 Å². The van der Waals surface area contributed by atoms with Crippen LogP contribution in [0.15, 0.2) is 46.9 Å². The van der Waals surface area contributed by atoms with E-state index in [-0.39, 0.29) is 0 Å². The summed E-state index contributed by atoms with van der Waals surface area (Å²) in [5.74, 6) is 1.43. The average Bonchev–Trinajstić information content (AvgIpc) is 2.45. The lowest BCUT2D eigenvalue weighted by atomic mass is 10.0. The Balaban J connectivity index is 2.06. The number of methoxy groups -OCH3 is 1. The number of ether oxygens (including phenoxy) is 1. The molecule has 0 saturated heterocycles. The molecule has 0 saturated carbocycles. The number of rotatable bonds is 5. The monoisotopic (exact) mass is 333 g/mol. The summed E-state index contributed by atoms with van der Waals surface area (Å²) in [5, 5.41) is 3.41. The minimum absolute atomic E-state index is 0.571. The molecule has 0 bridgehead atoms. The quantitative estimate of drug-likeness (QED) is 0.812. The van der Waals surface area contributed by atoms with E-state index in [0.717, 1.165) is 22.5 Å². The van der Waals surface area contributed by atoms with Gasteiger partial charge in [0.25, 0.3) is 0 Å². The van der Waals surface area contributed by atoms with Crippen LogP contribution in [0.2, 0.25) is 0 Å². The lowest BCUT2D eigenvalue weighted by Crippen LogP contribution is -2.01. The highest BCUT2D eigenvalue weighted by Crippen LogP contribution is 2.28. The zero-order valence-corrected chi connectivity index (χ0v) is 13.7. The molecule has 0 spiro atoms. The van der Waals surface area contributed by atoms with Crippen LogP contribution in [-0.2, 0) is 6.54 Å². The molecule has 0 unspecified atom stereocenters. The Bertz CT molecular complexity index is 564. The Morgan fingerprint density at radius 2 is 1.80 bits per heavy atom. The number of hydrogen-bond donors (Lipinski definition) is 1. The molecule has 0 amide bonds. The topological polar surface area (TPSA) is 21.3 Å². The van der Waals surface area contributed by atoms with Gasteiger partial charge < -0.3 is 10.1 Å². The SMILES string of the molecule is COc1ccc(Br)cc1NCc1ccc(C(C)C)cc1. The number of nitrogens with one attached hydrogen (secondary N) is 1. The smallest absolute Gasteiger partial charge is 0.142 e. The summed E-state index contributed by atoms with van der Waals surface area (Å²) in [6, 6.07) is 14.7. The van der Waals surface area contributed by atoms with Crippen LogP contribution in [0.5, 0.6) is 5.75 Å². The van der Waals surface area contributed by atoms with Crippen molar-refractivity contribution in [2.24, 2.45) is 0 Å². The van der Waals surface area contributed by atoms with E-state index in [4.69, 9.17) is 4.74 Å². The van der Waals surface area contributed by atoms with Crippen molar-refractivity contribution >= 4 is 21.6 Å². The summed E-state index contributed by atoms with van der Waals surface area (Å²) in [6.07, 6.45) is 0. The molecule has 2 aromatic carbocycles. The molecule has 0 fully saturated rings. The number of anilines is 1. The van der Waals surface area contributed by atoms with Crippen LogP contribution < -0.4 is 10.1 Å². The predicted molar refractivity (Wildman–Crippen MR) is 88.6 cm³/mol. The van der Waals surface area contributed by atoms with E-state index in [1.54, 1.807) is 7.11 Å². The first kappa shape index (κ1) is 14.9. The molecule has 0 aromatic heterocycles. The number of halogens is 1. The van der Waals surface area contributed by atoms with Crippen LogP contribution in [0.4, 0.5) is 5.69 Å². The van der Waals surface area contributed by atoms with Gasteiger partial charge in [-0.1, -0.05) is 54.0 Å². The Hall–Kier alpha value is -1.48. The van der Waals surface area contributed by atoms with Crippen molar-refractivity contribution < 1.29 is 4.74 Å². The second-order valence-corrected chi connectivity index (χ2v) is 6.01. The van der Waals surface area contributed by atoms with Crippen LogP contribution in [0.3, 0.4) is 0 Å². The fraction of sp³-hybridized carbons (Fsp3) is 0.294. The zero-order valence-electron chi connectivity index (χ0n) is 12.1. The molecular weight excluding hydrogens is 314 g/mol. The van der Waals surface area contributed by atoms with Gasteiger partial charge in [0, 0.05) is 11.0 Å².